The summed E-state index contributed by atoms with van der Waals surface area (Å²) < 4.78 is 0. The van der Waals surface area contributed by atoms with Crippen molar-refractivity contribution in [2.45, 2.75) is 32.3 Å². The molecule has 0 spiro atoms. The Kier molecular flexibility index (Phi) is 4.74. The molecule has 1 atom stereocenters. The highest BCUT2D eigenvalue weighted by Crippen LogP contribution is 2.17. The molecule has 1 amide bonds. The van der Waals surface area contributed by atoms with Crippen molar-refractivity contribution in [2.75, 3.05) is 24.5 Å². The van der Waals surface area contributed by atoms with Crippen LogP contribution in [0.1, 0.15) is 36.5 Å². The fourth-order valence-electron chi connectivity index (χ4n) is 2.17. The third-order valence-corrected chi connectivity index (χ3v) is 3.25. The molecule has 2 rings (SSSR count). The third-order valence-electron chi connectivity index (χ3n) is 3.25. The first-order chi connectivity index (χ1) is 9.16. The van der Waals surface area contributed by atoms with Crippen molar-refractivity contribution in [1.82, 2.24) is 10.3 Å². The Morgan fingerprint density at radius 3 is 2.74 bits per heavy atom. The van der Waals surface area contributed by atoms with Gasteiger partial charge in [-0.3, -0.25) is 4.79 Å². The van der Waals surface area contributed by atoms with Crippen molar-refractivity contribution < 1.29 is 9.90 Å². The van der Waals surface area contributed by atoms with E-state index >= 15 is 0 Å². The summed E-state index contributed by atoms with van der Waals surface area (Å²) >= 11 is 0. The van der Waals surface area contributed by atoms with Crippen LogP contribution >= 0.6 is 0 Å². The van der Waals surface area contributed by atoms with Crippen molar-refractivity contribution in [1.29, 1.82) is 0 Å². The van der Waals surface area contributed by atoms with E-state index in [0.29, 0.717) is 5.56 Å². The summed E-state index contributed by atoms with van der Waals surface area (Å²) in [7, 11) is 0. The number of aliphatic hydroxyl groups excluding tert-OH is 1. The first-order valence-corrected chi connectivity index (χ1v) is 6.84. The van der Waals surface area contributed by atoms with Crippen LogP contribution in [0.25, 0.3) is 0 Å². The van der Waals surface area contributed by atoms with Crippen LogP contribution in [0, 0.1) is 0 Å². The van der Waals surface area contributed by atoms with Crippen molar-refractivity contribution in [3.63, 3.8) is 0 Å². The van der Waals surface area contributed by atoms with Gasteiger partial charge in [-0.25, -0.2) is 4.98 Å². The molecule has 104 valence electrons. The van der Waals surface area contributed by atoms with E-state index in [1.165, 1.54) is 19.3 Å². The Hall–Kier alpha value is -1.62. The number of piperidine rings is 1. The Bertz CT molecular complexity index is 411. The Morgan fingerprint density at radius 1 is 1.42 bits per heavy atom. The van der Waals surface area contributed by atoms with Gasteiger partial charge in [0.15, 0.2) is 0 Å². The number of nitrogens with one attached hydrogen (secondary N) is 1. The van der Waals surface area contributed by atoms with Crippen molar-refractivity contribution in [3.05, 3.63) is 23.9 Å². The lowest BCUT2D eigenvalue weighted by Gasteiger charge is -2.27. The molecule has 0 saturated carbocycles. The number of pyridine rings is 1. The molecule has 19 heavy (non-hydrogen) atoms. The molecular weight excluding hydrogens is 242 g/mol. The second-order valence-electron chi connectivity index (χ2n) is 5.01. The fourth-order valence-corrected chi connectivity index (χ4v) is 2.17. The number of amides is 1. The molecule has 5 nitrogen and oxygen atoms in total. The lowest BCUT2D eigenvalue weighted by atomic mass is 10.1. The summed E-state index contributed by atoms with van der Waals surface area (Å²) in [4.78, 5) is 18.4. The zero-order chi connectivity index (χ0) is 13.7. The van der Waals surface area contributed by atoms with Gasteiger partial charge < -0.3 is 15.3 Å². The van der Waals surface area contributed by atoms with Crippen molar-refractivity contribution >= 4 is 11.7 Å². The quantitative estimate of drug-likeness (QED) is 0.856. The summed E-state index contributed by atoms with van der Waals surface area (Å²) in [6.07, 6.45) is 4.76. The number of carbonyl (C=O) groups excluding carboxylic acids is 1. The van der Waals surface area contributed by atoms with Crippen LogP contribution in [-0.4, -0.2) is 41.7 Å². The van der Waals surface area contributed by atoms with Gasteiger partial charge in [0.05, 0.1) is 11.7 Å². The van der Waals surface area contributed by atoms with E-state index in [4.69, 9.17) is 5.11 Å². The van der Waals surface area contributed by atoms with E-state index < -0.39 is 6.10 Å². The van der Waals surface area contributed by atoms with Crippen LogP contribution in [0.5, 0.6) is 0 Å². The number of nitrogens with zero attached hydrogens (tertiary/aromatic N) is 2. The smallest absolute Gasteiger partial charge is 0.252 e. The molecule has 1 aliphatic rings. The summed E-state index contributed by atoms with van der Waals surface area (Å²) in [6.45, 7) is 3.98. The van der Waals surface area contributed by atoms with E-state index in [9.17, 15) is 4.79 Å². The van der Waals surface area contributed by atoms with Crippen LogP contribution in [0.2, 0.25) is 0 Å². The van der Waals surface area contributed by atoms with Gasteiger partial charge in [-0.15, -0.1) is 0 Å². The first-order valence-electron chi connectivity index (χ1n) is 6.84. The molecule has 0 bridgehead atoms. The summed E-state index contributed by atoms with van der Waals surface area (Å²) in [6, 6.07) is 3.68. The van der Waals surface area contributed by atoms with Crippen LogP contribution in [0.4, 0.5) is 5.82 Å². The van der Waals surface area contributed by atoms with Crippen LogP contribution in [0.15, 0.2) is 18.3 Å². The molecule has 1 aromatic rings. The molecule has 1 saturated heterocycles. The normalized spacial score (nSPS) is 17.1. The minimum atomic E-state index is -0.537. The van der Waals surface area contributed by atoms with Gasteiger partial charge in [-0.1, -0.05) is 0 Å². The number of anilines is 1. The van der Waals surface area contributed by atoms with Crippen molar-refractivity contribution in [2.24, 2.45) is 0 Å². The number of hydrogen-bond donors (Lipinski definition) is 2. The number of aliphatic hydroxyl groups is 1. The predicted octanol–water partition coefficient (Wildman–Crippen LogP) is 1.18. The van der Waals surface area contributed by atoms with Crippen LogP contribution in [0.3, 0.4) is 0 Å². The summed E-state index contributed by atoms with van der Waals surface area (Å²) in [5.74, 6) is 0.741. The number of carbonyl (C=O) groups is 1. The predicted molar refractivity (Wildman–Crippen MR) is 74.3 cm³/mol. The van der Waals surface area contributed by atoms with Crippen molar-refractivity contribution in [3.8, 4) is 0 Å². The molecule has 5 heteroatoms. The lowest BCUT2D eigenvalue weighted by Crippen LogP contribution is -2.31. The van der Waals surface area contributed by atoms with Gasteiger partial charge >= 0.3 is 0 Å². The van der Waals surface area contributed by atoms with Gasteiger partial charge in [0, 0.05) is 25.8 Å². The maximum atomic E-state index is 11.8. The molecule has 1 aromatic heterocycles. The minimum absolute atomic E-state index is 0.196. The molecule has 2 heterocycles. The standard InChI is InChI=1S/C14H21N3O2/c1-11(18)9-16-14(19)12-5-6-13(15-10-12)17-7-3-2-4-8-17/h5-6,10-11,18H,2-4,7-9H2,1H3,(H,16,19). The van der Waals surface area contributed by atoms with Crippen LogP contribution < -0.4 is 10.2 Å². The molecule has 1 unspecified atom stereocenters. The molecule has 0 aliphatic carbocycles. The second-order valence-corrected chi connectivity index (χ2v) is 5.01. The SMILES string of the molecule is CC(O)CNC(=O)c1ccc(N2CCCCC2)nc1. The van der Waals surface area contributed by atoms with Gasteiger partial charge in [0.2, 0.25) is 0 Å². The monoisotopic (exact) mass is 263 g/mol. The highest BCUT2D eigenvalue weighted by molar-refractivity contribution is 5.94. The van der Waals surface area contributed by atoms with E-state index in [0.717, 1.165) is 18.9 Å². The zero-order valence-corrected chi connectivity index (χ0v) is 11.3. The molecule has 2 N–H and O–H groups in total. The van der Waals surface area contributed by atoms with Gasteiger partial charge in [0.25, 0.3) is 5.91 Å². The Morgan fingerprint density at radius 2 is 2.16 bits per heavy atom. The van der Waals surface area contributed by atoms with Gasteiger partial charge in [-0.05, 0) is 38.3 Å². The summed E-state index contributed by atoms with van der Waals surface area (Å²) in [5, 5.41) is 11.8. The zero-order valence-electron chi connectivity index (χ0n) is 11.3. The van der Waals surface area contributed by atoms with E-state index in [2.05, 4.69) is 15.2 Å². The molecule has 1 fully saturated rings. The third kappa shape index (κ3) is 3.92. The maximum Gasteiger partial charge on any atom is 0.252 e. The van der Waals surface area contributed by atoms with Gasteiger partial charge in [-0.2, -0.15) is 0 Å². The molecular formula is C14H21N3O2. The number of aromatic nitrogens is 1. The topological polar surface area (TPSA) is 65.5 Å². The largest absolute Gasteiger partial charge is 0.392 e. The van der Waals surface area contributed by atoms with E-state index in [1.807, 2.05) is 6.07 Å². The van der Waals surface area contributed by atoms with Gasteiger partial charge in [0.1, 0.15) is 5.82 Å². The molecule has 1 aliphatic heterocycles. The highest BCUT2D eigenvalue weighted by atomic mass is 16.3. The summed E-state index contributed by atoms with van der Waals surface area (Å²) in [5.41, 5.74) is 0.529. The Labute approximate surface area is 113 Å². The van der Waals surface area contributed by atoms with Crippen LogP contribution in [-0.2, 0) is 0 Å². The molecule has 0 radical (unpaired) electrons. The van der Waals surface area contributed by atoms with E-state index in [-0.39, 0.29) is 12.5 Å². The lowest BCUT2D eigenvalue weighted by molar-refractivity contribution is 0.0923. The Balaban J connectivity index is 1.95. The number of rotatable bonds is 4. The minimum Gasteiger partial charge on any atom is -0.392 e. The highest BCUT2D eigenvalue weighted by Gasteiger charge is 2.13. The second kappa shape index (κ2) is 6.52. The fraction of sp³-hybridized carbons (Fsp3) is 0.571. The average Bonchev–Trinajstić information content (AvgIpc) is 2.46. The molecule has 0 aromatic carbocycles. The van der Waals surface area contributed by atoms with E-state index in [1.54, 1.807) is 19.2 Å². The first kappa shape index (κ1) is 13.8. The maximum absolute atomic E-state index is 11.8. The number of hydrogen-bond acceptors (Lipinski definition) is 4. The average molecular weight is 263 g/mol.